The van der Waals surface area contributed by atoms with Gasteiger partial charge >= 0.3 is 0 Å². The fourth-order valence-electron chi connectivity index (χ4n) is 1.96. The van der Waals surface area contributed by atoms with Gasteiger partial charge in [0.05, 0.1) is 0 Å². The van der Waals surface area contributed by atoms with E-state index in [2.05, 4.69) is 67.4 Å². The molecule has 1 aromatic rings. The van der Waals surface area contributed by atoms with E-state index in [0.29, 0.717) is 5.82 Å². The molecule has 0 aliphatic rings. The standard InChI is InChI=1S/C14H28N6/c1-9(8-20(6)7)16-11-10(2)12(19-15)18-13(17-11)14(3,4)5/h9H,8,15H2,1-7H3,(H2,16,17,18,19). The van der Waals surface area contributed by atoms with Crippen LogP contribution in [0.3, 0.4) is 0 Å². The number of hydrogen-bond acceptors (Lipinski definition) is 6. The molecule has 6 nitrogen and oxygen atoms in total. The number of rotatable bonds is 5. The van der Waals surface area contributed by atoms with Gasteiger partial charge in [0.1, 0.15) is 17.5 Å². The Hall–Kier alpha value is -1.40. The molecule has 0 radical (unpaired) electrons. The van der Waals surface area contributed by atoms with Gasteiger partial charge in [-0.1, -0.05) is 20.8 Å². The van der Waals surface area contributed by atoms with Gasteiger partial charge in [0.25, 0.3) is 0 Å². The fourth-order valence-corrected chi connectivity index (χ4v) is 1.96. The maximum Gasteiger partial charge on any atom is 0.148 e. The number of nitrogens with two attached hydrogens (primary N) is 1. The van der Waals surface area contributed by atoms with Crippen LogP contribution in [0.15, 0.2) is 0 Å². The van der Waals surface area contributed by atoms with E-state index in [9.17, 15) is 0 Å². The van der Waals surface area contributed by atoms with Gasteiger partial charge in [-0.25, -0.2) is 15.8 Å². The molecule has 1 atom stereocenters. The van der Waals surface area contributed by atoms with Crippen molar-refractivity contribution in [2.24, 2.45) is 5.84 Å². The molecule has 0 aliphatic carbocycles. The van der Waals surface area contributed by atoms with Crippen LogP contribution in [0.2, 0.25) is 0 Å². The molecule has 0 saturated heterocycles. The highest BCUT2D eigenvalue weighted by atomic mass is 15.3. The van der Waals surface area contributed by atoms with E-state index in [4.69, 9.17) is 5.84 Å². The van der Waals surface area contributed by atoms with Crippen molar-refractivity contribution in [1.29, 1.82) is 0 Å². The molecule has 6 heteroatoms. The zero-order chi connectivity index (χ0) is 15.5. The minimum Gasteiger partial charge on any atom is -0.366 e. The number of hydrogen-bond donors (Lipinski definition) is 3. The van der Waals surface area contributed by atoms with Crippen molar-refractivity contribution in [2.75, 3.05) is 31.4 Å². The summed E-state index contributed by atoms with van der Waals surface area (Å²) in [5.41, 5.74) is 3.47. The second-order valence-corrected chi connectivity index (χ2v) is 6.57. The number of nitrogens with one attached hydrogen (secondary N) is 2. The molecule has 0 fully saturated rings. The van der Waals surface area contributed by atoms with E-state index < -0.39 is 0 Å². The third-order valence-corrected chi connectivity index (χ3v) is 2.98. The lowest BCUT2D eigenvalue weighted by atomic mass is 9.95. The van der Waals surface area contributed by atoms with Gasteiger partial charge in [-0.15, -0.1) is 0 Å². The minimum atomic E-state index is -0.124. The number of anilines is 2. The molecule has 1 heterocycles. The summed E-state index contributed by atoms with van der Waals surface area (Å²) in [6, 6.07) is 0.289. The molecule has 0 saturated carbocycles. The summed E-state index contributed by atoms with van der Waals surface area (Å²) in [5, 5.41) is 3.44. The van der Waals surface area contributed by atoms with Crippen LogP contribution >= 0.6 is 0 Å². The average Bonchev–Trinajstić information content (AvgIpc) is 2.29. The lowest BCUT2D eigenvalue weighted by molar-refractivity contribution is 0.391. The molecule has 0 bridgehead atoms. The van der Waals surface area contributed by atoms with Crippen LogP contribution in [-0.4, -0.2) is 41.5 Å². The first-order valence-electron chi connectivity index (χ1n) is 6.92. The highest BCUT2D eigenvalue weighted by Crippen LogP contribution is 2.26. The maximum atomic E-state index is 5.57. The molecule has 0 aromatic carbocycles. The topological polar surface area (TPSA) is 79.1 Å². The summed E-state index contributed by atoms with van der Waals surface area (Å²) in [6.45, 7) is 11.3. The van der Waals surface area contributed by atoms with E-state index in [1.807, 2.05) is 6.92 Å². The summed E-state index contributed by atoms with van der Waals surface area (Å²) in [5.74, 6) is 7.85. The smallest absolute Gasteiger partial charge is 0.148 e. The Morgan fingerprint density at radius 1 is 1.20 bits per heavy atom. The Kier molecular flexibility index (Phi) is 5.30. The lowest BCUT2D eigenvalue weighted by Gasteiger charge is -2.23. The monoisotopic (exact) mass is 280 g/mol. The van der Waals surface area contributed by atoms with Crippen molar-refractivity contribution in [2.45, 2.75) is 46.1 Å². The zero-order valence-corrected chi connectivity index (χ0v) is 13.7. The summed E-state index contributed by atoms with van der Waals surface area (Å²) >= 11 is 0. The van der Waals surface area contributed by atoms with Crippen molar-refractivity contribution in [3.63, 3.8) is 0 Å². The van der Waals surface area contributed by atoms with E-state index >= 15 is 0 Å². The number of hydrazine groups is 1. The van der Waals surface area contributed by atoms with Crippen molar-refractivity contribution < 1.29 is 0 Å². The maximum absolute atomic E-state index is 5.57. The van der Waals surface area contributed by atoms with Gasteiger partial charge < -0.3 is 15.6 Å². The number of aromatic nitrogens is 2. The minimum absolute atomic E-state index is 0.124. The Morgan fingerprint density at radius 2 is 1.75 bits per heavy atom. The van der Waals surface area contributed by atoms with Crippen molar-refractivity contribution in [1.82, 2.24) is 14.9 Å². The number of nitrogens with zero attached hydrogens (tertiary/aromatic N) is 3. The van der Waals surface area contributed by atoms with Gasteiger partial charge in [0.2, 0.25) is 0 Å². The van der Waals surface area contributed by atoms with Crippen molar-refractivity contribution >= 4 is 11.6 Å². The summed E-state index contributed by atoms with van der Waals surface area (Å²) in [6.07, 6.45) is 0. The van der Waals surface area contributed by atoms with Gasteiger partial charge in [0, 0.05) is 23.6 Å². The Bertz CT molecular complexity index is 450. The van der Waals surface area contributed by atoms with E-state index in [0.717, 1.165) is 23.8 Å². The van der Waals surface area contributed by atoms with Crippen molar-refractivity contribution in [3.05, 3.63) is 11.4 Å². The predicted molar refractivity (Wildman–Crippen MR) is 84.9 cm³/mol. The second kappa shape index (κ2) is 6.37. The first-order chi connectivity index (χ1) is 9.15. The molecule has 1 aromatic heterocycles. The number of likely N-dealkylation sites (N-methyl/N-ethyl adjacent to an activating group) is 1. The van der Waals surface area contributed by atoms with Crippen molar-refractivity contribution in [3.8, 4) is 0 Å². The Balaban J connectivity index is 3.11. The lowest BCUT2D eigenvalue weighted by Crippen LogP contribution is -2.31. The van der Waals surface area contributed by atoms with E-state index in [1.165, 1.54) is 0 Å². The fraction of sp³-hybridized carbons (Fsp3) is 0.714. The Morgan fingerprint density at radius 3 is 2.20 bits per heavy atom. The molecular weight excluding hydrogens is 252 g/mol. The van der Waals surface area contributed by atoms with Gasteiger partial charge in [-0.05, 0) is 27.9 Å². The molecule has 0 amide bonds. The molecule has 4 N–H and O–H groups in total. The quantitative estimate of drug-likeness (QED) is 0.563. The summed E-state index contributed by atoms with van der Waals surface area (Å²) in [7, 11) is 4.11. The molecule has 0 spiro atoms. The molecule has 0 aliphatic heterocycles. The third kappa shape index (κ3) is 4.31. The molecule has 1 unspecified atom stereocenters. The second-order valence-electron chi connectivity index (χ2n) is 6.57. The van der Waals surface area contributed by atoms with Crippen LogP contribution in [0.25, 0.3) is 0 Å². The van der Waals surface area contributed by atoms with Crippen LogP contribution in [0.1, 0.15) is 39.1 Å². The van der Waals surface area contributed by atoms with Gasteiger partial charge in [0.15, 0.2) is 0 Å². The number of nitrogen functional groups attached to an aromatic ring is 1. The third-order valence-electron chi connectivity index (χ3n) is 2.98. The van der Waals surface area contributed by atoms with E-state index in [1.54, 1.807) is 0 Å². The van der Waals surface area contributed by atoms with Crippen LogP contribution in [0.5, 0.6) is 0 Å². The highest BCUT2D eigenvalue weighted by molar-refractivity contribution is 5.57. The molecule has 1 rings (SSSR count). The van der Waals surface area contributed by atoms with Gasteiger partial charge in [-0.2, -0.15) is 0 Å². The van der Waals surface area contributed by atoms with E-state index in [-0.39, 0.29) is 11.5 Å². The normalized spacial score (nSPS) is 13.4. The first-order valence-corrected chi connectivity index (χ1v) is 6.92. The van der Waals surface area contributed by atoms with Gasteiger partial charge in [-0.3, -0.25) is 0 Å². The molecule has 114 valence electrons. The van der Waals surface area contributed by atoms with Crippen LogP contribution in [0.4, 0.5) is 11.6 Å². The SMILES string of the molecule is Cc1c(NN)nc(C(C)(C)C)nc1NC(C)CN(C)C. The average molecular weight is 280 g/mol. The predicted octanol–water partition coefficient (Wildman–Crippen LogP) is 1.73. The first kappa shape index (κ1) is 16.7. The summed E-state index contributed by atoms with van der Waals surface area (Å²) < 4.78 is 0. The van der Waals surface area contributed by atoms with Crippen LogP contribution < -0.4 is 16.6 Å². The summed E-state index contributed by atoms with van der Waals surface area (Å²) in [4.78, 5) is 11.3. The molecule has 20 heavy (non-hydrogen) atoms. The van der Waals surface area contributed by atoms with Crippen LogP contribution in [0, 0.1) is 6.92 Å². The largest absolute Gasteiger partial charge is 0.366 e. The Labute approximate surface area is 122 Å². The zero-order valence-electron chi connectivity index (χ0n) is 13.7. The van der Waals surface area contributed by atoms with Crippen LogP contribution in [-0.2, 0) is 5.41 Å². The highest BCUT2D eigenvalue weighted by Gasteiger charge is 2.21. The molecular formula is C14H28N6.